The molecule has 1 aromatic rings. The maximum absolute atomic E-state index is 12.7. The number of rotatable bonds is 5. The molecule has 2 rings (SSSR count). The normalized spacial score (nSPS) is 19.5. The highest BCUT2D eigenvalue weighted by Crippen LogP contribution is 2.23. The summed E-state index contributed by atoms with van der Waals surface area (Å²) < 4.78 is 5.40. The van der Waals surface area contributed by atoms with E-state index in [-0.39, 0.29) is 17.7 Å². The topological polar surface area (TPSA) is 58.6 Å². The third-order valence-electron chi connectivity index (χ3n) is 4.02. The summed E-state index contributed by atoms with van der Waals surface area (Å²) in [6, 6.07) is 9.46. The number of likely N-dealkylation sites (tertiary alicyclic amines) is 1. The van der Waals surface area contributed by atoms with Crippen LogP contribution in [0.2, 0.25) is 0 Å². The quantitative estimate of drug-likeness (QED) is 0.901. The molecule has 0 bridgehead atoms. The lowest BCUT2D eigenvalue weighted by Crippen LogP contribution is -2.47. The zero-order valence-corrected chi connectivity index (χ0v) is 13.2. The van der Waals surface area contributed by atoms with Gasteiger partial charge in [-0.05, 0) is 25.3 Å². The van der Waals surface area contributed by atoms with Crippen LogP contribution in [0, 0.1) is 5.92 Å². The van der Waals surface area contributed by atoms with Gasteiger partial charge in [0.1, 0.15) is 0 Å². The lowest BCUT2D eigenvalue weighted by molar-refractivity contribution is -0.145. The van der Waals surface area contributed by atoms with Crippen molar-refractivity contribution in [3.05, 3.63) is 35.9 Å². The van der Waals surface area contributed by atoms with E-state index < -0.39 is 6.10 Å². The molecule has 2 amide bonds. The molecule has 1 saturated heterocycles. The van der Waals surface area contributed by atoms with Crippen LogP contribution in [0.5, 0.6) is 0 Å². The minimum absolute atomic E-state index is 0.0358. The Morgan fingerprint density at radius 1 is 1.36 bits per heavy atom. The largest absolute Gasteiger partial charge is 0.367 e. The third kappa shape index (κ3) is 3.85. The van der Waals surface area contributed by atoms with Crippen molar-refractivity contribution in [2.75, 3.05) is 26.7 Å². The number of benzene rings is 1. The average Bonchev–Trinajstić information content (AvgIpc) is 2.57. The van der Waals surface area contributed by atoms with Gasteiger partial charge < -0.3 is 15.0 Å². The van der Waals surface area contributed by atoms with Gasteiger partial charge in [-0.1, -0.05) is 30.3 Å². The SMILES string of the molecule is CCNC(=O)C1CCCN(C(=O)C(OC)c2ccccc2)C1. The molecule has 0 spiro atoms. The molecule has 120 valence electrons. The molecular formula is C17H24N2O3. The maximum atomic E-state index is 12.7. The first-order valence-corrected chi connectivity index (χ1v) is 7.81. The number of nitrogens with zero attached hydrogens (tertiary/aromatic N) is 1. The van der Waals surface area contributed by atoms with Gasteiger partial charge in [-0.2, -0.15) is 0 Å². The van der Waals surface area contributed by atoms with Gasteiger partial charge in [-0.3, -0.25) is 9.59 Å². The first-order valence-electron chi connectivity index (χ1n) is 7.81. The molecule has 0 radical (unpaired) electrons. The van der Waals surface area contributed by atoms with Gasteiger partial charge in [0, 0.05) is 26.7 Å². The first kappa shape index (κ1) is 16.5. The van der Waals surface area contributed by atoms with E-state index in [0.29, 0.717) is 19.6 Å². The van der Waals surface area contributed by atoms with Crippen molar-refractivity contribution < 1.29 is 14.3 Å². The van der Waals surface area contributed by atoms with Crippen LogP contribution in [0.4, 0.5) is 0 Å². The lowest BCUT2D eigenvalue weighted by Gasteiger charge is -2.34. The van der Waals surface area contributed by atoms with E-state index in [1.165, 1.54) is 0 Å². The minimum atomic E-state index is -0.603. The van der Waals surface area contributed by atoms with Crippen molar-refractivity contribution >= 4 is 11.8 Å². The number of carbonyl (C=O) groups excluding carboxylic acids is 2. The molecule has 0 saturated carbocycles. The summed E-state index contributed by atoms with van der Waals surface area (Å²) in [4.78, 5) is 26.5. The van der Waals surface area contributed by atoms with Crippen LogP contribution in [0.1, 0.15) is 31.4 Å². The standard InChI is InChI=1S/C17H24N2O3/c1-3-18-16(20)14-10-7-11-19(12-14)17(21)15(22-2)13-8-5-4-6-9-13/h4-6,8-9,14-15H,3,7,10-12H2,1-2H3,(H,18,20). The third-order valence-corrected chi connectivity index (χ3v) is 4.02. The van der Waals surface area contributed by atoms with E-state index in [1.807, 2.05) is 37.3 Å². The minimum Gasteiger partial charge on any atom is -0.367 e. The second-order valence-corrected chi connectivity index (χ2v) is 5.54. The Morgan fingerprint density at radius 2 is 2.09 bits per heavy atom. The fourth-order valence-electron chi connectivity index (χ4n) is 2.88. The number of piperidine rings is 1. The molecule has 1 heterocycles. The Kier molecular flexibility index (Phi) is 5.95. The second kappa shape index (κ2) is 7.94. The van der Waals surface area contributed by atoms with Crippen LogP contribution in [-0.4, -0.2) is 43.5 Å². The Bertz CT molecular complexity index is 504. The van der Waals surface area contributed by atoms with Crippen LogP contribution < -0.4 is 5.32 Å². The molecule has 5 nitrogen and oxygen atoms in total. The predicted molar refractivity (Wildman–Crippen MR) is 84.2 cm³/mol. The van der Waals surface area contributed by atoms with Crippen molar-refractivity contribution in [2.45, 2.75) is 25.9 Å². The average molecular weight is 304 g/mol. The highest BCUT2D eigenvalue weighted by atomic mass is 16.5. The molecule has 2 atom stereocenters. The molecule has 1 aliphatic heterocycles. The number of carbonyl (C=O) groups is 2. The van der Waals surface area contributed by atoms with Crippen molar-refractivity contribution in [3.8, 4) is 0 Å². The summed E-state index contributed by atoms with van der Waals surface area (Å²) in [7, 11) is 1.54. The zero-order chi connectivity index (χ0) is 15.9. The number of amides is 2. The van der Waals surface area contributed by atoms with Crippen LogP contribution >= 0.6 is 0 Å². The summed E-state index contributed by atoms with van der Waals surface area (Å²) >= 11 is 0. The Hall–Kier alpha value is -1.88. The van der Waals surface area contributed by atoms with Gasteiger partial charge >= 0.3 is 0 Å². The van der Waals surface area contributed by atoms with E-state index >= 15 is 0 Å². The summed E-state index contributed by atoms with van der Waals surface area (Å²) in [5.74, 6) is -0.151. The van der Waals surface area contributed by atoms with E-state index in [4.69, 9.17) is 4.74 Å². The molecule has 1 aliphatic rings. The fraction of sp³-hybridized carbons (Fsp3) is 0.529. The Morgan fingerprint density at radius 3 is 2.73 bits per heavy atom. The van der Waals surface area contributed by atoms with Crippen LogP contribution in [0.3, 0.4) is 0 Å². The number of methoxy groups -OCH3 is 1. The van der Waals surface area contributed by atoms with Gasteiger partial charge in [0.15, 0.2) is 6.10 Å². The van der Waals surface area contributed by atoms with Crippen LogP contribution in [-0.2, 0) is 14.3 Å². The Balaban J connectivity index is 2.06. The fourth-order valence-corrected chi connectivity index (χ4v) is 2.88. The molecular weight excluding hydrogens is 280 g/mol. The number of hydrogen-bond acceptors (Lipinski definition) is 3. The maximum Gasteiger partial charge on any atom is 0.256 e. The van der Waals surface area contributed by atoms with E-state index in [9.17, 15) is 9.59 Å². The predicted octanol–water partition coefficient (Wildman–Crippen LogP) is 1.75. The summed E-state index contributed by atoms with van der Waals surface area (Å²) in [6.45, 7) is 3.67. The number of nitrogens with one attached hydrogen (secondary N) is 1. The number of hydrogen-bond donors (Lipinski definition) is 1. The van der Waals surface area contributed by atoms with Gasteiger partial charge in [-0.15, -0.1) is 0 Å². The zero-order valence-electron chi connectivity index (χ0n) is 13.2. The molecule has 2 unspecified atom stereocenters. The second-order valence-electron chi connectivity index (χ2n) is 5.54. The van der Waals surface area contributed by atoms with Gasteiger partial charge in [0.2, 0.25) is 5.91 Å². The van der Waals surface area contributed by atoms with E-state index in [1.54, 1.807) is 12.0 Å². The molecule has 1 fully saturated rings. The van der Waals surface area contributed by atoms with Crippen molar-refractivity contribution in [1.29, 1.82) is 0 Å². The van der Waals surface area contributed by atoms with Gasteiger partial charge in [0.25, 0.3) is 5.91 Å². The van der Waals surface area contributed by atoms with E-state index in [0.717, 1.165) is 18.4 Å². The van der Waals surface area contributed by atoms with Gasteiger partial charge in [-0.25, -0.2) is 0 Å². The summed E-state index contributed by atoms with van der Waals surface area (Å²) in [5, 5.41) is 2.84. The molecule has 22 heavy (non-hydrogen) atoms. The van der Waals surface area contributed by atoms with Crippen LogP contribution in [0.25, 0.3) is 0 Å². The highest BCUT2D eigenvalue weighted by Gasteiger charge is 2.32. The monoisotopic (exact) mass is 304 g/mol. The number of ether oxygens (including phenoxy) is 1. The summed E-state index contributed by atoms with van der Waals surface area (Å²) in [6.07, 6.45) is 1.08. The van der Waals surface area contributed by atoms with Gasteiger partial charge in [0.05, 0.1) is 5.92 Å². The molecule has 0 aliphatic carbocycles. The molecule has 1 N–H and O–H groups in total. The van der Waals surface area contributed by atoms with E-state index in [2.05, 4.69) is 5.32 Å². The van der Waals surface area contributed by atoms with Crippen molar-refractivity contribution in [1.82, 2.24) is 10.2 Å². The molecule has 0 aromatic heterocycles. The molecule has 5 heteroatoms. The Labute approximate surface area is 131 Å². The van der Waals surface area contributed by atoms with Crippen molar-refractivity contribution in [3.63, 3.8) is 0 Å². The summed E-state index contributed by atoms with van der Waals surface area (Å²) in [5.41, 5.74) is 0.843. The first-order chi connectivity index (χ1) is 10.7. The molecule has 1 aromatic carbocycles. The lowest BCUT2D eigenvalue weighted by atomic mass is 9.96. The van der Waals surface area contributed by atoms with Crippen molar-refractivity contribution in [2.24, 2.45) is 5.92 Å². The smallest absolute Gasteiger partial charge is 0.256 e. The van der Waals surface area contributed by atoms with Crippen LogP contribution in [0.15, 0.2) is 30.3 Å². The highest BCUT2D eigenvalue weighted by molar-refractivity contribution is 5.84.